The summed E-state index contributed by atoms with van der Waals surface area (Å²) in [5.41, 5.74) is 3.07. The molecule has 0 spiro atoms. The van der Waals surface area contributed by atoms with Gasteiger partial charge in [-0.25, -0.2) is 5.01 Å². The lowest BCUT2D eigenvalue weighted by Crippen LogP contribution is -2.29. The van der Waals surface area contributed by atoms with E-state index in [-0.39, 0.29) is 24.1 Å². The second-order valence-corrected chi connectivity index (χ2v) is 12.6. The van der Waals surface area contributed by atoms with E-state index in [1.54, 1.807) is 39.1 Å². The number of benzene rings is 3. The SMILES string of the molecule is COc1ccc(C2=NN(C(=O)CSc3nnc(CNC(=O)c4cccs4)n3-c3ccccc3OC)C(c3cccc(OC)c3OC)C2)cc1. The highest BCUT2D eigenvalue weighted by Gasteiger charge is 2.36. The molecule has 0 fully saturated rings. The van der Waals surface area contributed by atoms with Crippen LogP contribution in [0.15, 0.2) is 94.5 Å². The van der Waals surface area contributed by atoms with E-state index < -0.39 is 6.04 Å². The second-order valence-electron chi connectivity index (χ2n) is 10.7. The number of thioether (sulfide) groups is 1. The van der Waals surface area contributed by atoms with Crippen LogP contribution in [0.3, 0.4) is 0 Å². The van der Waals surface area contributed by atoms with Crippen LogP contribution in [-0.4, -0.2) is 71.5 Å². The van der Waals surface area contributed by atoms with E-state index in [2.05, 4.69) is 15.5 Å². The van der Waals surface area contributed by atoms with Gasteiger partial charge in [0.2, 0.25) is 0 Å². The molecule has 49 heavy (non-hydrogen) atoms. The Morgan fingerprint density at radius 1 is 0.878 bits per heavy atom. The van der Waals surface area contributed by atoms with E-state index in [4.69, 9.17) is 24.0 Å². The number of carbonyl (C=O) groups excluding carboxylic acids is 2. The van der Waals surface area contributed by atoms with Crippen molar-refractivity contribution in [2.75, 3.05) is 34.2 Å². The maximum atomic E-state index is 14.1. The van der Waals surface area contributed by atoms with Crippen LogP contribution in [0.2, 0.25) is 0 Å². The monoisotopic (exact) mass is 698 g/mol. The number of aromatic nitrogens is 3. The number of carbonyl (C=O) groups is 2. The number of amides is 2. The molecule has 12 nitrogen and oxygen atoms in total. The molecule has 3 aromatic carbocycles. The highest BCUT2D eigenvalue weighted by molar-refractivity contribution is 7.99. The highest BCUT2D eigenvalue weighted by Crippen LogP contribution is 2.42. The van der Waals surface area contributed by atoms with Gasteiger partial charge in [0, 0.05) is 12.0 Å². The van der Waals surface area contributed by atoms with E-state index in [1.165, 1.54) is 28.1 Å². The van der Waals surface area contributed by atoms with E-state index in [9.17, 15) is 9.59 Å². The van der Waals surface area contributed by atoms with Gasteiger partial charge in [-0.2, -0.15) is 5.10 Å². The van der Waals surface area contributed by atoms with Gasteiger partial charge < -0.3 is 24.3 Å². The number of hydrogen-bond donors (Lipinski definition) is 1. The number of ether oxygens (including phenoxy) is 4. The molecule has 0 radical (unpaired) electrons. The molecular weight excluding hydrogens is 665 g/mol. The van der Waals surface area contributed by atoms with Crippen LogP contribution in [0, 0.1) is 0 Å². The smallest absolute Gasteiger partial charge is 0.261 e. The number of nitrogens with one attached hydrogen (secondary N) is 1. The minimum Gasteiger partial charge on any atom is -0.497 e. The zero-order valence-corrected chi connectivity index (χ0v) is 28.9. The van der Waals surface area contributed by atoms with Crippen molar-refractivity contribution in [3.8, 4) is 28.7 Å². The standard InChI is InChI=1S/C35H34N6O6S2/c1-44-23-16-14-22(15-17-23)25-19-27(24-9-7-12-29(46-3)33(24)47-4)41(39-25)32(42)21-49-35-38-37-31(20-36-34(43)30-13-8-18-48-30)40(35)26-10-5-6-11-28(26)45-2/h5-18,27H,19-21H2,1-4H3,(H,36,43). The third-order valence-corrected chi connectivity index (χ3v) is 9.67. The van der Waals surface area contributed by atoms with Crippen molar-refractivity contribution in [1.29, 1.82) is 0 Å². The lowest BCUT2D eigenvalue weighted by molar-refractivity contribution is -0.130. The molecule has 2 amide bonds. The Morgan fingerprint density at radius 2 is 1.65 bits per heavy atom. The van der Waals surface area contributed by atoms with Crippen LogP contribution >= 0.6 is 23.1 Å². The van der Waals surface area contributed by atoms with Crippen LogP contribution in [0.25, 0.3) is 5.69 Å². The first-order chi connectivity index (χ1) is 23.9. The van der Waals surface area contributed by atoms with Crippen LogP contribution in [0.1, 0.15) is 39.1 Å². The van der Waals surface area contributed by atoms with Crippen molar-refractivity contribution >= 4 is 40.6 Å². The summed E-state index contributed by atoms with van der Waals surface area (Å²) in [6.07, 6.45) is 0.456. The van der Waals surface area contributed by atoms with Gasteiger partial charge in [0.25, 0.3) is 11.8 Å². The number of hydrogen-bond acceptors (Lipinski definition) is 11. The normalized spacial score (nSPS) is 13.9. The lowest BCUT2D eigenvalue weighted by atomic mass is 9.97. The van der Waals surface area contributed by atoms with Gasteiger partial charge in [-0.3, -0.25) is 14.2 Å². The summed E-state index contributed by atoms with van der Waals surface area (Å²) in [4.78, 5) is 27.5. The van der Waals surface area contributed by atoms with Crippen molar-refractivity contribution in [3.05, 3.63) is 106 Å². The number of nitrogens with zero attached hydrogens (tertiary/aromatic N) is 5. The lowest BCUT2D eigenvalue weighted by Gasteiger charge is -2.24. The van der Waals surface area contributed by atoms with E-state index in [1.807, 2.05) is 78.2 Å². The maximum absolute atomic E-state index is 14.1. The molecule has 1 aliphatic rings. The molecule has 3 heterocycles. The molecule has 5 aromatic rings. The predicted molar refractivity (Wildman–Crippen MR) is 187 cm³/mol. The quantitative estimate of drug-likeness (QED) is 0.153. The molecule has 6 rings (SSSR count). The highest BCUT2D eigenvalue weighted by atomic mass is 32.2. The fourth-order valence-corrected chi connectivity index (χ4v) is 6.98. The average Bonchev–Trinajstić information content (AvgIpc) is 3.93. The number of para-hydroxylation sites is 3. The topological polar surface area (TPSA) is 129 Å². The van der Waals surface area contributed by atoms with Gasteiger partial charge in [0.05, 0.1) is 63.1 Å². The molecule has 252 valence electrons. The fourth-order valence-electron chi connectivity index (χ4n) is 5.53. The molecule has 0 saturated carbocycles. The molecule has 1 aliphatic heterocycles. The summed E-state index contributed by atoms with van der Waals surface area (Å²) in [5.74, 6) is 2.42. The van der Waals surface area contributed by atoms with Crippen LogP contribution < -0.4 is 24.3 Å². The molecular formula is C35H34N6O6S2. The van der Waals surface area contributed by atoms with E-state index in [0.717, 1.165) is 22.6 Å². The van der Waals surface area contributed by atoms with Crippen molar-refractivity contribution in [2.45, 2.75) is 24.2 Å². The predicted octanol–water partition coefficient (Wildman–Crippen LogP) is 5.76. The van der Waals surface area contributed by atoms with Gasteiger partial charge >= 0.3 is 0 Å². The third kappa shape index (κ3) is 7.10. The zero-order valence-electron chi connectivity index (χ0n) is 27.3. The second kappa shape index (κ2) is 15.3. The number of rotatable bonds is 13. The van der Waals surface area contributed by atoms with Crippen molar-refractivity contribution in [1.82, 2.24) is 25.1 Å². The molecule has 1 unspecified atom stereocenters. The Morgan fingerprint density at radius 3 is 2.37 bits per heavy atom. The molecule has 1 N–H and O–H groups in total. The number of thiophene rings is 1. The first kappa shape index (κ1) is 33.6. The molecule has 14 heteroatoms. The summed E-state index contributed by atoms with van der Waals surface area (Å²) in [5, 5.41) is 20.4. The van der Waals surface area contributed by atoms with Gasteiger partial charge in [0.1, 0.15) is 11.5 Å². The van der Waals surface area contributed by atoms with Crippen molar-refractivity contribution in [3.63, 3.8) is 0 Å². The minimum atomic E-state index is -0.453. The molecule has 1 atom stereocenters. The number of hydrazone groups is 1. The molecule has 0 aliphatic carbocycles. The summed E-state index contributed by atoms with van der Waals surface area (Å²) in [7, 11) is 6.35. The van der Waals surface area contributed by atoms with Crippen LogP contribution in [0.5, 0.6) is 23.0 Å². The van der Waals surface area contributed by atoms with Crippen molar-refractivity contribution in [2.24, 2.45) is 5.10 Å². The summed E-state index contributed by atoms with van der Waals surface area (Å²) >= 11 is 2.57. The Bertz CT molecular complexity index is 1960. The Balaban J connectivity index is 1.30. The molecule has 0 bridgehead atoms. The average molecular weight is 699 g/mol. The maximum Gasteiger partial charge on any atom is 0.261 e. The minimum absolute atomic E-state index is 0.00296. The van der Waals surface area contributed by atoms with Crippen LogP contribution in [-0.2, 0) is 11.3 Å². The Hall–Kier alpha value is -5.34. The van der Waals surface area contributed by atoms with Gasteiger partial charge in [-0.15, -0.1) is 21.5 Å². The van der Waals surface area contributed by atoms with Gasteiger partial charge in [-0.1, -0.05) is 42.1 Å². The van der Waals surface area contributed by atoms with Crippen molar-refractivity contribution < 1.29 is 28.5 Å². The van der Waals surface area contributed by atoms with E-state index in [0.29, 0.717) is 45.2 Å². The largest absolute Gasteiger partial charge is 0.497 e. The molecule has 0 saturated heterocycles. The number of methoxy groups -OCH3 is 4. The first-order valence-electron chi connectivity index (χ1n) is 15.2. The fraction of sp³-hybridized carbons (Fsp3) is 0.229. The van der Waals surface area contributed by atoms with Crippen LogP contribution in [0.4, 0.5) is 0 Å². The zero-order chi connectivity index (χ0) is 34.3. The Labute approximate surface area is 291 Å². The summed E-state index contributed by atoms with van der Waals surface area (Å²) in [6, 6.07) is 23.7. The molecule has 2 aromatic heterocycles. The van der Waals surface area contributed by atoms with E-state index >= 15 is 0 Å². The third-order valence-electron chi connectivity index (χ3n) is 7.88. The first-order valence-corrected chi connectivity index (χ1v) is 17.1. The van der Waals surface area contributed by atoms with Gasteiger partial charge in [0.15, 0.2) is 22.5 Å². The summed E-state index contributed by atoms with van der Waals surface area (Å²) in [6.45, 7) is 0.107. The summed E-state index contributed by atoms with van der Waals surface area (Å²) < 4.78 is 24.1. The Kier molecular flexibility index (Phi) is 10.4. The van der Waals surface area contributed by atoms with Gasteiger partial charge in [-0.05, 0) is 59.5 Å².